The molecule has 20 heavy (non-hydrogen) atoms. The molecule has 1 aromatic carbocycles. The lowest BCUT2D eigenvalue weighted by atomic mass is 10.1. The van der Waals surface area contributed by atoms with Gasteiger partial charge < -0.3 is 15.0 Å². The number of halogens is 1. The third kappa shape index (κ3) is 4.65. The third-order valence-electron chi connectivity index (χ3n) is 3.64. The highest BCUT2D eigenvalue weighted by Crippen LogP contribution is 2.26. The van der Waals surface area contributed by atoms with Gasteiger partial charge in [-0.2, -0.15) is 0 Å². The maximum absolute atomic E-state index is 6.18. The Hall–Kier alpha value is -0.770. The smallest absolute Gasteiger partial charge is 0.0641 e. The lowest BCUT2D eigenvalue weighted by Gasteiger charge is -2.26. The number of anilines is 1. The molecule has 1 N–H and O–H groups in total. The molecule has 1 aliphatic rings. The van der Waals surface area contributed by atoms with Crippen molar-refractivity contribution in [3.8, 4) is 0 Å². The van der Waals surface area contributed by atoms with E-state index < -0.39 is 0 Å². The van der Waals surface area contributed by atoms with Gasteiger partial charge in [0.2, 0.25) is 0 Å². The topological polar surface area (TPSA) is 24.5 Å². The van der Waals surface area contributed by atoms with Crippen LogP contribution in [0.4, 0.5) is 5.69 Å². The van der Waals surface area contributed by atoms with E-state index in [9.17, 15) is 0 Å². The molecule has 3 nitrogen and oxygen atoms in total. The second kappa shape index (κ2) is 7.87. The Kier molecular flexibility index (Phi) is 6.14. The van der Waals surface area contributed by atoms with E-state index in [-0.39, 0.29) is 0 Å². The average Bonchev–Trinajstić information content (AvgIpc) is 3.27. The maximum Gasteiger partial charge on any atom is 0.0641 e. The Morgan fingerprint density at radius 2 is 2.15 bits per heavy atom. The van der Waals surface area contributed by atoms with Crippen molar-refractivity contribution < 1.29 is 4.74 Å². The Morgan fingerprint density at radius 3 is 2.80 bits per heavy atom. The van der Waals surface area contributed by atoms with Gasteiger partial charge in [0.1, 0.15) is 0 Å². The number of hydrogen-bond acceptors (Lipinski definition) is 3. The van der Waals surface area contributed by atoms with Gasteiger partial charge in [-0.25, -0.2) is 0 Å². The summed E-state index contributed by atoms with van der Waals surface area (Å²) in [5, 5.41) is 4.37. The fourth-order valence-electron chi connectivity index (χ4n) is 2.29. The fourth-order valence-corrected chi connectivity index (χ4v) is 2.46. The van der Waals surface area contributed by atoms with E-state index in [1.54, 1.807) is 0 Å². The Labute approximate surface area is 127 Å². The summed E-state index contributed by atoms with van der Waals surface area (Å²) in [6.45, 7) is 8.51. The monoisotopic (exact) mass is 296 g/mol. The van der Waals surface area contributed by atoms with Crippen molar-refractivity contribution in [2.75, 3.05) is 31.2 Å². The van der Waals surface area contributed by atoms with Crippen molar-refractivity contribution in [3.05, 3.63) is 28.8 Å². The summed E-state index contributed by atoms with van der Waals surface area (Å²) in [6.07, 6.45) is 2.62. The molecule has 1 saturated carbocycles. The van der Waals surface area contributed by atoms with Crippen molar-refractivity contribution >= 4 is 17.3 Å². The van der Waals surface area contributed by atoms with E-state index in [0.717, 1.165) is 43.9 Å². The average molecular weight is 297 g/mol. The Bertz CT molecular complexity index is 421. The standard InChI is InChI=1S/C16H25ClN2O/c1-3-19(9-10-20-4-2)16-11-14(17)6-5-13(16)12-18-15-7-8-15/h5-6,11,15,18H,3-4,7-10,12H2,1-2H3. The molecular weight excluding hydrogens is 272 g/mol. The number of hydrogen-bond donors (Lipinski definition) is 1. The molecule has 0 aromatic heterocycles. The van der Waals surface area contributed by atoms with Crippen LogP contribution in [0.25, 0.3) is 0 Å². The van der Waals surface area contributed by atoms with E-state index in [1.165, 1.54) is 24.1 Å². The number of benzene rings is 1. The van der Waals surface area contributed by atoms with Crippen LogP contribution in [0.1, 0.15) is 32.3 Å². The SMILES string of the molecule is CCOCCN(CC)c1cc(Cl)ccc1CNC1CC1. The summed E-state index contributed by atoms with van der Waals surface area (Å²) in [5.41, 5.74) is 2.55. The molecule has 2 rings (SSSR count). The minimum atomic E-state index is 0.719. The van der Waals surface area contributed by atoms with Gasteiger partial charge in [0.15, 0.2) is 0 Å². The molecule has 112 valence electrons. The van der Waals surface area contributed by atoms with E-state index in [2.05, 4.69) is 29.3 Å². The largest absolute Gasteiger partial charge is 0.380 e. The highest BCUT2D eigenvalue weighted by atomic mass is 35.5. The lowest BCUT2D eigenvalue weighted by molar-refractivity contribution is 0.154. The molecule has 0 amide bonds. The van der Waals surface area contributed by atoms with E-state index in [4.69, 9.17) is 16.3 Å². The summed E-state index contributed by atoms with van der Waals surface area (Å²) >= 11 is 6.18. The molecule has 0 radical (unpaired) electrons. The fraction of sp³-hybridized carbons (Fsp3) is 0.625. The van der Waals surface area contributed by atoms with Gasteiger partial charge in [-0.3, -0.25) is 0 Å². The first-order valence-corrected chi connectivity index (χ1v) is 7.96. The van der Waals surface area contributed by atoms with Crippen LogP contribution < -0.4 is 10.2 Å². The normalized spacial score (nSPS) is 14.6. The van der Waals surface area contributed by atoms with Gasteiger partial charge in [0.05, 0.1) is 6.61 Å². The lowest BCUT2D eigenvalue weighted by Crippen LogP contribution is -2.29. The highest BCUT2D eigenvalue weighted by Gasteiger charge is 2.21. The number of nitrogens with one attached hydrogen (secondary N) is 1. The molecular formula is C16H25ClN2O. The number of likely N-dealkylation sites (N-methyl/N-ethyl adjacent to an activating group) is 1. The first-order valence-electron chi connectivity index (χ1n) is 7.59. The van der Waals surface area contributed by atoms with Crippen molar-refractivity contribution in [3.63, 3.8) is 0 Å². The first-order chi connectivity index (χ1) is 9.74. The molecule has 0 aliphatic heterocycles. The first kappa shape index (κ1) is 15.6. The number of ether oxygens (including phenoxy) is 1. The number of rotatable bonds is 9. The van der Waals surface area contributed by atoms with Crippen LogP contribution in [0, 0.1) is 0 Å². The van der Waals surface area contributed by atoms with Gasteiger partial charge >= 0.3 is 0 Å². The van der Waals surface area contributed by atoms with E-state index in [0.29, 0.717) is 0 Å². The van der Waals surface area contributed by atoms with Crippen LogP contribution in [-0.4, -0.2) is 32.3 Å². The quantitative estimate of drug-likeness (QED) is 0.706. The molecule has 0 unspecified atom stereocenters. The second-order valence-corrected chi connectivity index (χ2v) is 5.64. The summed E-state index contributed by atoms with van der Waals surface area (Å²) in [7, 11) is 0. The van der Waals surface area contributed by atoms with Gasteiger partial charge in [-0.15, -0.1) is 0 Å². The molecule has 0 atom stereocenters. The van der Waals surface area contributed by atoms with Crippen molar-refractivity contribution in [2.45, 2.75) is 39.3 Å². The van der Waals surface area contributed by atoms with E-state index in [1.807, 2.05) is 13.0 Å². The number of nitrogens with zero attached hydrogens (tertiary/aromatic N) is 1. The van der Waals surface area contributed by atoms with Crippen LogP contribution >= 0.6 is 11.6 Å². The predicted octanol–water partition coefficient (Wildman–Crippen LogP) is 3.45. The van der Waals surface area contributed by atoms with Gasteiger partial charge in [-0.1, -0.05) is 17.7 Å². The summed E-state index contributed by atoms with van der Waals surface area (Å²) in [6, 6.07) is 6.90. The van der Waals surface area contributed by atoms with Gasteiger partial charge in [0.25, 0.3) is 0 Å². The van der Waals surface area contributed by atoms with Gasteiger partial charge in [0, 0.05) is 43.0 Å². The van der Waals surface area contributed by atoms with Crippen LogP contribution in [0.15, 0.2) is 18.2 Å². The Morgan fingerprint density at radius 1 is 1.35 bits per heavy atom. The molecule has 0 bridgehead atoms. The molecule has 1 aliphatic carbocycles. The molecule has 1 aromatic rings. The highest BCUT2D eigenvalue weighted by molar-refractivity contribution is 6.30. The zero-order chi connectivity index (χ0) is 14.4. The minimum absolute atomic E-state index is 0.719. The molecule has 0 saturated heterocycles. The zero-order valence-electron chi connectivity index (χ0n) is 12.5. The summed E-state index contributed by atoms with van der Waals surface area (Å²) < 4.78 is 5.48. The molecule has 1 fully saturated rings. The van der Waals surface area contributed by atoms with Gasteiger partial charge in [-0.05, 0) is 44.4 Å². The third-order valence-corrected chi connectivity index (χ3v) is 3.87. The van der Waals surface area contributed by atoms with Crippen LogP contribution in [0.2, 0.25) is 5.02 Å². The molecule has 4 heteroatoms. The zero-order valence-corrected chi connectivity index (χ0v) is 13.2. The Balaban J connectivity index is 2.05. The van der Waals surface area contributed by atoms with Crippen LogP contribution in [-0.2, 0) is 11.3 Å². The second-order valence-electron chi connectivity index (χ2n) is 5.20. The van der Waals surface area contributed by atoms with Crippen LogP contribution in [0.5, 0.6) is 0 Å². The molecule has 0 heterocycles. The van der Waals surface area contributed by atoms with Crippen molar-refractivity contribution in [2.24, 2.45) is 0 Å². The van der Waals surface area contributed by atoms with Crippen molar-refractivity contribution in [1.29, 1.82) is 0 Å². The predicted molar refractivity (Wildman–Crippen MR) is 85.7 cm³/mol. The maximum atomic E-state index is 6.18. The summed E-state index contributed by atoms with van der Waals surface area (Å²) in [5.74, 6) is 0. The minimum Gasteiger partial charge on any atom is -0.380 e. The van der Waals surface area contributed by atoms with Crippen molar-refractivity contribution in [1.82, 2.24) is 5.32 Å². The molecule has 0 spiro atoms. The van der Waals surface area contributed by atoms with Crippen LogP contribution in [0.3, 0.4) is 0 Å². The van der Waals surface area contributed by atoms with E-state index >= 15 is 0 Å². The summed E-state index contributed by atoms with van der Waals surface area (Å²) in [4.78, 5) is 2.34.